The first kappa shape index (κ1) is 33.6. The number of hydrogen-bond acceptors (Lipinski definition) is 5. The number of nitrogens with zero attached hydrogens (tertiary/aromatic N) is 5. The minimum Gasteiger partial charge on any atom is -0.494 e. The van der Waals surface area contributed by atoms with Crippen molar-refractivity contribution >= 4 is 62.7 Å². The van der Waals surface area contributed by atoms with Crippen LogP contribution in [0.4, 0.5) is 5.82 Å². The lowest BCUT2D eigenvalue weighted by Gasteiger charge is -2.41. The number of aromatic nitrogens is 4. The molecule has 11 heteroatoms. The Balaban J connectivity index is 1.38. The zero-order chi connectivity index (χ0) is 35.6. The van der Waals surface area contributed by atoms with Crippen molar-refractivity contribution in [1.29, 1.82) is 0 Å². The molecule has 6 aromatic rings. The molecular weight excluding hydrogens is 673 g/mol. The summed E-state index contributed by atoms with van der Waals surface area (Å²) in [5, 5.41) is 17.7. The number of pyridine rings is 1. The zero-order valence-corrected chi connectivity index (χ0v) is 30.2. The first-order valence-corrected chi connectivity index (χ1v) is 17.3. The Kier molecular flexibility index (Phi) is 8.60. The van der Waals surface area contributed by atoms with Gasteiger partial charge in [-0.05, 0) is 107 Å². The highest BCUT2D eigenvalue weighted by Crippen LogP contribution is 2.47. The lowest BCUT2D eigenvalue weighted by atomic mass is 9.92. The largest absolute Gasteiger partial charge is 0.494 e. The molecule has 1 N–H and O–H groups in total. The van der Waals surface area contributed by atoms with Crippen LogP contribution < -0.4 is 9.64 Å². The number of rotatable bonds is 8. The number of anilines is 1. The molecule has 256 valence electrons. The number of para-hydroxylation sites is 1. The Hall–Kier alpha value is -4.86. The molecule has 3 aromatic carbocycles. The Morgan fingerprint density at radius 1 is 1.00 bits per heavy atom. The summed E-state index contributed by atoms with van der Waals surface area (Å²) in [6.45, 7) is 10.4. The summed E-state index contributed by atoms with van der Waals surface area (Å²) < 4.78 is 10.1. The molecule has 50 heavy (non-hydrogen) atoms. The smallest absolute Gasteiger partial charge is 0.337 e. The van der Waals surface area contributed by atoms with Crippen LogP contribution in [0.1, 0.15) is 79.9 Å². The van der Waals surface area contributed by atoms with Gasteiger partial charge < -0.3 is 14.4 Å². The van der Waals surface area contributed by atoms with E-state index in [1.807, 2.05) is 81.9 Å². The lowest BCUT2D eigenvalue weighted by molar-refractivity contribution is 0.0698. The molecule has 2 atom stereocenters. The van der Waals surface area contributed by atoms with Gasteiger partial charge in [-0.3, -0.25) is 14.4 Å². The van der Waals surface area contributed by atoms with E-state index < -0.39 is 12.0 Å². The van der Waals surface area contributed by atoms with Gasteiger partial charge in [0.2, 0.25) is 0 Å². The summed E-state index contributed by atoms with van der Waals surface area (Å²) >= 11 is 13.0. The van der Waals surface area contributed by atoms with Gasteiger partial charge in [-0.25, -0.2) is 9.78 Å². The van der Waals surface area contributed by atoms with Gasteiger partial charge in [-0.2, -0.15) is 5.10 Å². The maximum Gasteiger partial charge on any atom is 0.337 e. The van der Waals surface area contributed by atoms with Crippen molar-refractivity contribution in [3.63, 3.8) is 0 Å². The molecule has 1 aliphatic heterocycles. The van der Waals surface area contributed by atoms with Crippen molar-refractivity contribution in [3.05, 3.63) is 116 Å². The van der Waals surface area contributed by atoms with Crippen LogP contribution in [0.5, 0.6) is 5.75 Å². The summed E-state index contributed by atoms with van der Waals surface area (Å²) in [6.07, 6.45) is 1.22. The fourth-order valence-corrected chi connectivity index (χ4v) is 7.84. The summed E-state index contributed by atoms with van der Waals surface area (Å²) in [5.74, 6) is -0.195. The fourth-order valence-electron chi connectivity index (χ4n) is 7.57. The minimum atomic E-state index is -1.08. The van der Waals surface area contributed by atoms with Crippen LogP contribution in [0.3, 0.4) is 0 Å². The average molecular weight is 711 g/mol. The van der Waals surface area contributed by atoms with E-state index >= 15 is 4.79 Å². The number of fused-ring (bicyclic) bond motifs is 4. The Morgan fingerprint density at radius 2 is 1.74 bits per heavy atom. The number of carboxylic acids is 1. The van der Waals surface area contributed by atoms with Gasteiger partial charge in [0.25, 0.3) is 5.91 Å². The molecule has 0 spiro atoms. The van der Waals surface area contributed by atoms with E-state index in [4.69, 9.17) is 38.0 Å². The molecule has 1 amide bonds. The van der Waals surface area contributed by atoms with Crippen molar-refractivity contribution in [1.82, 2.24) is 19.3 Å². The van der Waals surface area contributed by atoms with E-state index in [9.17, 15) is 9.90 Å². The molecule has 0 saturated carbocycles. The topological polar surface area (TPSA) is 102 Å². The predicted molar refractivity (Wildman–Crippen MR) is 197 cm³/mol. The van der Waals surface area contributed by atoms with E-state index in [-0.39, 0.29) is 17.5 Å². The Bertz CT molecular complexity index is 2340. The zero-order valence-electron chi connectivity index (χ0n) is 28.7. The number of aryl methyl sites for hydroxylation is 5. The molecule has 0 radical (unpaired) electrons. The van der Waals surface area contributed by atoms with E-state index in [1.54, 1.807) is 17.0 Å². The molecule has 0 aliphatic carbocycles. The molecule has 1 aliphatic rings. The standard InChI is InChI=1S/C39H37Cl2N5O4/c1-20-17-27(18-21(2)34(20)41)50-16-8-11-29-28-14-13-26(40)19-31(28)45-24(5)36(33-22(3)43-44(6)23(33)4)46(38(47)37(29)45)32-15-12-25-9-7-10-30(39(48)49)35(25)42-32/h7,9-10,12-15,17-19,24,36H,8,11,16H2,1-6H3,(H,48,49)/t24?,36-/m0/s1. The third-order valence-electron chi connectivity index (χ3n) is 9.93. The Morgan fingerprint density at radius 3 is 2.42 bits per heavy atom. The van der Waals surface area contributed by atoms with Crippen molar-refractivity contribution < 1.29 is 19.4 Å². The molecule has 0 bridgehead atoms. The highest BCUT2D eigenvalue weighted by atomic mass is 35.5. The van der Waals surface area contributed by atoms with Crippen LogP contribution in [0.2, 0.25) is 10.0 Å². The van der Waals surface area contributed by atoms with Crippen molar-refractivity contribution in [2.45, 2.75) is 59.5 Å². The lowest BCUT2D eigenvalue weighted by Crippen LogP contribution is -2.46. The highest BCUT2D eigenvalue weighted by molar-refractivity contribution is 6.32. The number of aromatic carboxylic acids is 1. The van der Waals surface area contributed by atoms with Gasteiger partial charge in [-0.1, -0.05) is 41.4 Å². The molecule has 0 fully saturated rings. The van der Waals surface area contributed by atoms with Crippen LogP contribution >= 0.6 is 23.2 Å². The summed E-state index contributed by atoms with van der Waals surface area (Å²) in [7, 11) is 1.89. The van der Waals surface area contributed by atoms with E-state index in [2.05, 4.69) is 11.5 Å². The van der Waals surface area contributed by atoms with Gasteiger partial charge in [0.15, 0.2) is 0 Å². The summed E-state index contributed by atoms with van der Waals surface area (Å²) in [6, 6.07) is 17.5. The fraction of sp³-hybridized carbons (Fsp3) is 0.282. The first-order chi connectivity index (χ1) is 23.9. The maximum absolute atomic E-state index is 15.2. The quantitative estimate of drug-likeness (QED) is 0.158. The first-order valence-electron chi connectivity index (χ1n) is 16.6. The number of amides is 1. The van der Waals surface area contributed by atoms with Gasteiger partial charge in [0, 0.05) is 39.1 Å². The number of halogens is 2. The maximum atomic E-state index is 15.2. The number of ether oxygens (including phenoxy) is 1. The van der Waals surface area contributed by atoms with Crippen LogP contribution in [0.15, 0.2) is 60.7 Å². The van der Waals surface area contributed by atoms with Crippen molar-refractivity contribution in [2.75, 3.05) is 11.5 Å². The van der Waals surface area contributed by atoms with Crippen LogP contribution in [-0.2, 0) is 13.5 Å². The third-order valence-corrected chi connectivity index (χ3v) is 10.8. The number of carbonyl (C=O) groups is 2. The minimum absolute atomic E-state index is 0.0719. The van der Waals surface area contributed by atoms with Crippen molar-refractivity contribution in [3.8, 4) is 5.75 Å². The normalized spacial score (nSPS) is 16.0. The second-order valence-corrected chi connectivity index (χ2v) is 13.9. The Labute approximate surface area is 300 Å². The molecular formula is C39H37Cl2N5O4. The van der Waals surface area contributed by atoms with Crippen LogP contribution in [0, 0.1) is 27.7 Å². The van der Waals surface area contributed by atoms with Gasteiger partial charge in [0.1, 0.15) is 17.3 Å². The van der Waals surface area contributed by atoms with Crippen LogP contribution in [-0.4, -0.2) is 42.9 Å². The molecule has 3 aromatic heterocycles. The number of hydrogen-bond donors (Lipinski definition) is 1. The third kappa shape index (κ3) is 5.49. The molecule has 1 unspecified atom stereocenters. The predicted octanol–water partition coefficient (Wildman–Crippen LogP) is 9.14. The van der Waals surface area contributed by atoms with Crippen molar-refractivity contribution in [2.24, 2.45) is 7.05 Å². The van der Waals surface area contributed by atoms with E-state index in [0.29, 0.717) is 46.9 Å². The average Bonchev–Trinajstić information content (AvgIpc) is 3.53. The molecule has 7 rings (SSSR count). The second kappa shape index (κ2) is 12.8. The summed E-state index contributed by atoms with van der Waals surface area (Å²) in [4.78, 5) is 34.1. The molecule has 9 nitrogen and oxygen atoms in total. The van der Waals surface area contributed by atoms with Gasteiger partial charge in [-0.15, -0.1) is 0 Å². The number of carboxylic acid groups (broad SMARTS) is 1. The number of benzene rings is 3. The van der Waals surface area contributed by atoms with E-state index in [1.165, 1.54) is 6.07 Å². The monoisotopic (exact) mass is 709 g/mol. The second-order valence-electron chi connectivity index (χ2n) is 13.1. The molecule has 4 heterocycles. The van der Waals surface area contributed by atoms with E-state index in [0.717, 1.165) is 55.3 Å². The summed E-state index contributed by atoms with van der Waals surface area (Å²) in [5.41, 5.74) is 7.27. The molecule has 0 saturated heterocycles. The SMILES string of the molecule is Cc1cc(OCCCc2c3n(c4cc(Cl)ccc24)C(C)[C@@H](c2c(C)nn(C)c2C)N(c2ccc4cccc(C(=O)O)c4n2)C3=O)cc(C)c1Cl. The van der Waals surface area contributed by atoms with Gasteiger partial charge >= 0.3 is 5.97 Å². The highest BCUT2D eigenvalue weighted by Gasteiger charge is 2.44. The van der Waals surface area contributed by atoms with Crippen LogP contribution in [0.25, 0.3) is 21.8 Å². The number of carbonyl (C=O) groups excluding carboxylic acids is 1. The van der Waals surface area contributed by atoms with Gasteiger partial charge in [0.05, 0.1) is 41.0 Å².